The molecule has 2 aliphatic rings. The summed E-state index contributed by atoms with van der Waals surface area (Å²) in [7, 11) is 0. The van der Waals surface area contributed by atoms with Crippen molar-refractivity contribution >= 4 is 0 Å². The summed E-state index contributed by atoms with van der Waals surface area (Å²) >= 11 is 0. The van der Waals surface area contributed by atoms with Crippen molar-refractivity contribution in [2.75, 3.05) is 0 Å². The molecule has 6 unspecified atom stereocenters. The Bertz CT molecular complexity index is 935. The van der Waals surface area contributed by atoms with Crippen LogP contribution in [0.1, 0.15) is 82.5 Å². The van der Waals surface area contributed by atoms with E-state index in [2.05, 4.69) is 6.92 Å². The summed E-state index contributed by atoms with van der Waals surface area (Å²) in [5.74, 6) is 0.325. The largest absolute Gasteiger partial charge is 0.507 e. The number of hydrogen-bond donors (Lipinski definition) is 3. The molecule has 7 atom stereocenters. The maximum absolute atomic E-state index is 10.7. The summed E-state index contributed by atoms with van der Waals surface area (Å²) in [6.07, 6.45) is 3.38. The molecule has 2 heterocycles. The molecule has 2 aliphatic heterocycles. The van der Waals surface area contributed by atoms with Crippen molar-refractivity contribution in [1.29, 1.82) is 0 Å². The molecule has 0 aromatic heterocycles. The van der Waals surface area contributed by atoms with Gasteiger partial charge < -0.3 is 34.3 Å². The molecular weight excluding hydrogens is 448 g/mol. The molecule has 0 aliphatic carbocycles. The number of aromatic hydroxyl groups is 2. The van der Waals surface area contributed by atoms with Gasteiger partial charge in [0.25, 0.3) is 0 Å². The minimum absolute atomic E-state index is 0.00953. The molecule has 2 saturated heterocycles. The van der Waals surface area contributed by atoms with Crippen LogP contribution in [-0.4, -0.2) is 45.8 Å². The quantitative estimate of drug-likeness (QED) is 0.431. The van der Waals surface area contributed by atoms with Gasteiger partial charge in [0.1, 0.15) is 11.5 Å². The van der Waals surface area contributed by atoms with Crippen molar-refractivity contribution in [2.24, 2.45) is 0 Å². The second kappa shape index (κ2) is 12.2. The van der Waals surface area contributed by atoms with Gasteiger partial charge in [-0.3, -0.25) is 0 Å². The van der Waals surface area contributed by atoms with E-state index in [-0.39, 0.29) is 35.9 Å². The zero-order chi connectivity index (χ0) is 24.8. The fourth-order valence-electron chi connectivity index (χ4n) is 4.96. The van der Waals surface area contributed by atoms with Crippen molar-refractivity contribution in [3.8, 4) is 11.5 Å². The number of benzene rings is 2. The molecule has 3 N–H and O–H groups in total. The Hall–Kier alpha value is -2.16. The smallest absolute Gasteiger partial charge is 0.188 e. The van der Waals surface area contributed by atoms with E-state index >= 15 is 0 Å². The van der Waals surface area contributed by atoms with Gasteiger partial charge in [-0.25, -0.2) is 0 Å². The average molecular weight is 487 g/mol. The fourth-order valence-corrected chi connectivity index (χ4v) is 4.96. The van der Waals surface area contributed by atoms with E-state index in [1.165, 1.54) is 0 Å². The third-order valence-corrected chi connectivity index (χ3v) is 6.86. The van der Waals surface area contributed by atoms with Crippen molar-refractivity contribution in [1.82, 2.24) is 0 Å². The first-order valence-corrected chi connectivity index (χ1v) is 12.8. The van der Waals surface area contributed by atoms with E-state index < -0.39 is 18.7 Å². The number of phenolic OH excluding ortho intramolecular Hbond substituents is 2. The lowest BCUT2D eigenvalue weighted by Gasteiger charge is -2.36. The molecule has 0 bridgehead atoms. The highest BCUT2D eigenvalue weighted by atomic mass is 16.7. The van der Waals surface area contributed by atoms with Crippen LogP contribution >= 0.6 is 0 Å². The molecule has 0 amide bonds. The molecule has 35 heavy (non-hydrogen) atoms. The summed E-state index contributed by atoms with van der Waals surface area (Å²) in [6, 6.07) is 14.2. The lowest BCUT2D eigenvalue weighted by molar-refractivity contribution is -0.250. The minimum atomic E-state index is -0.634. The predicted octanol–water partition coefficient (Wildman–Crippen LogP) is 5.49. The van der Waals surface area contributed by atoms with Crippen LogP contribution in [-0.2, 0) is 18.9 Å². The topological polar surface area (TPSA) is 97.6 Å². The molecule has 4 rings (SSSR count). The van der Waals surface area contributed by atoms with Gasteiger partial charge in [0.05, 0.1) is 30.5 Å². The Morgan fingerprint density at radius 2 is 1.37 bits per heavy atom. The van der Waals surface area contributed by atoms with Crippen molar-refractivity contribution in [3.05, 3.63) is 59.7 Å². The summed E-state index contributed by atoms with van der Waals surface area (Å²) in [5, 5.41) is 31.1. The third kappa shape index (κ3) is 6.96. The normalized spacial score (nSPS) is 30.1. The van der Waals surface area contributed by atoms with E-state index in [1.807, 2.05) is 25.1 Å². The number of aliphatic hydroxyl groups excluding tert-OH is 1. The zero-order valence-electron chi connectivity index (χ0n) is 20.6. The molecule has 7 heteroatoms. The van der Waals surface area contributed by atoms with Gasteiger partial charge in [-0.2, -0.15) is 0 Å². The Kier molecular flexibility index (Phi) is 9.03. The van der Waals surface area contributed by atoms with Gasteiger partial charge >= 0.3 is 0 Å². The summed E-state index contributed by atoms with van der Waals surface area (Å²) in [5.41, 5.74) is 1.26. The Morgan fingerprint density at radius 3 is 2.00 bits per heavy atom. The second-order valence-electron chi connectivity index (χ2n) is 9.70. The maximum Gasteiger partial charge on any atom is 0.188 e. The standard InChI is InChI=1S/C28H38O7/c1-3-20-17-21(34-28(33-20)24-12-5-7-14-26(24)31)10-8-9-19(29)16-22-15-18(2)32-27(35-22)23-11-4-6-13-25(23)30/h4-7,11-14,18-22,27-31H,3,8-10,15-17H2,1-2H3/t18-,19?,20?,21?,22?,27?,28?/m0/s1. The minimum Gasteiger partial charge on any atom is -0.507 e. The van der Waals surface area contributed by atoms with Crippen molar-refractivity contribution < 1.29 is 34.3 Å². The van der Waals surface area contributed by atoms with Gasteiger partial charge in [-0.1, -0.05) is 43.3 Å². The Morgan fingerprint density at radius 1 is 0.800 bits per heavy atom. The first-order valence-electron chi connectivity index (χ1n) is 12.8. The SMILES string of the molecule is CCC1CC(CCCC(O)CC2C[C@H](C)OC(c3ccccc3O)O2)OC(c2ccccc2O)O1. The fraction of sp³-hybridized carbons (Fsp3) is 0.571. The highest BCUT2D eigenvalue weighted by molar-refractivity contribution is 5.33. The average Bonchev–Trinajstić information content (AvgIpc) is 2.84. The van der Waals surface area contributed by atoms with Gasteiger partial charge in [0, 0.05) is 17.5 Å². The molecule has 2 aromatic carbocycles. The summed E-state index contributed by atoms with van der Waals surface area (Å²) in [6.45, 7) is 4.08. The maximum atomic E-state index is 10.7. The van der Waals surface area contributed by atoms with Crippen LogP contribution in [0.15, 0.2) is 48.5 Å². The second-order valence-corrected chi connectivity index (χ2v) is 9.70. The number of para-hydroxylation sites is 2. The van der Waals surface area contributed by atoms with E-state index in [9.17, 15) is 15.3 Å². The van der Waals surface area contributed by atoms with E-state index in [4.69, 9.17) is 18.9 Å². The number of phenols is 2. The highest BCUT2D eigenvalue weighted by Gasteiger charge is 2.33. The summed E-state index contributed by atoms with van der Waals surface area (Å²) < 4.78 is 24.2. The molecule has 2 fully saturated rings. The number of rotatable bonds is 9. The van der Waals surface area contributed by atoms with Crippen LogP contribution in [0.5, 0.6) is 11.5 Å². The Labute approximate surface area is 207 Å². The van der Waals surface area contributed by atoms with Gasteiger partial charge in [-0.05, 0) is 57.6 Å². The van der Waals surface area contributed by atoms with E-state index in [0.29, 0.717) is 30.4 Å². The monoisotopic (exact) mass is 486 g/mol. The molecule has 0 saturated carbocycles. The number of hydrogen-bond acceptors (Lipinski definition) is 7. The van der Waals surface area contributed by atoms with Crippen LogP contribution in [0.3, 0.4) is 0 Å². The van der Waals surface area contributed by atoms with Gasteiger partial charge in [0.15, 0.2) is 12.6 Å². The molecule has 0 radical (unpaired) electrons. The van der Waals surface area contributed by atoms with Crippen LogP contribution in [0.4, 0.5) is 0 Å². The van der Waals surface area contributed by atoms with Crippen molar-refractivity contribution in [3.63, 3.8) is 0 Å². The predicted molar refractivity (Wildman–Crippen MR) is 131 cm³/mol. The van der Waals surface area contributed by atoms with Crippen LogP contribution in [0, 0.1) is 0 Å². The summed E-state index contributed by atoms with van der Waals surface area (Å²) in [4.78, 5) is 0. The first-order chi connectivity index (χ1) is 16.9. The highest BCUT2D eigenvalue weighted by Crippen LogP contribution is 2.37. The Balaban J connectivity index is 1.26. The zero-order valence-corrected chi connectivity index (χ0v) is 20.6. The first kappa shape index (κ1) is 25.9. The van der Waals surface area contributed by atoms with E-state index in [1.54, 1.807) is 30.3 Å². The van der Waals surface area contributed by atoms with Crippen LogP contribution in [0.25, 0.3) is 0 Å². The van der Waals surface area contributed by atoms with Crippen LogP contribution in [0.2, 0.25) is 0 Å². The molecule has 192 valence electrons. The molecule has 0 spiro atoms. The number of aliphatic hydroxyl groups is 1. The lowest BCUT2D eigenvalue weighted by atomic mass is 9.97. The van der Waals surface area contributed by atoms with Crippen LogP contribution < -0.4 is 0 Å². The van der Waals surface area contributed by atoms with Gasteiger partial charge in [0.2, 0.25) is 0 Å². The third-order valence-electron chi connectivity index (χ3n) is 6.86. The van der Waals surface area contributed by atoms with Crippen molar-refractivity contribution in [2.45, 2.75) is 102 Å². The number of ether oxygens (including phenoxy) is 4. The molecule has 2 aromatic rings. The van der Waals surface area contributed by atoms with E-state index in [0.717, 1.165) is 25.7 Å². The lowest BCUT2D eigenvalue weighted by Crippen LogP contribution is -2.35. The molecular formula is C28H38O7. The van der Waals surface area contributed by atoms with Gasteiger partial charge in [-0.15, -0.1) is 0 Å². The molecule has 7 nitrogen and oxygen atoms in total.